The maximum absolute atomic E-state index is 13.7. The Morgan fingerprint density at radius 3 is 2.62 bits per heavy atom. The number of rotatable bonds is 4. The van der Waals surface area contributed by atoms with E-state index in [4.69, 9.17) is 5.73 Å². The van der Waals surface area contributed by atoms with Crippen molar-refractivity contribution in [2.45, 2.75) is 25.1 Å². The zero-order valence-electron chi connectivity index (χ0n) is 11.4. The Kier molecular flexibility index (Phi) is 4.32. The molecule has 0 amide bonds. The fourth-order valence-electron chi connectivity index (χ4n) is 2.08. The molecule has 0 spiro atoms. The predicted octanol–water partition coefficient (Wildman–Crippen LogP) is 3.21. The lowest BCUT2D eigenvalue weighted by molar-refractivity contribution is -0.137. The Hall–Kier alpha value is -1.89. The molecule has 1 atom stereocenters. The second kappa shape index (κ2) is 5.85. The average molecular weight is 301 g/mol. The molecule has 114 valence electrons. The van der Waals surface area contributed by atoms with Gasteiger partial charge in [-0.1, -0.05) is 0 Å². The lowest BCUT2D eigenvalue weighted by Crippen LogP contribution is -2.15. The zero-order valence-corrected chi connectivity index (χ0v) is 11.4. The Bertz CT molecular complexity index is 619. The van der Waals surface area contributed by atoms with E-state index in [1.54, 1.807) is 24.1 Å². The summed E-state index contributed by atoms with van der Waals surface area (Å²) in [6, 6.07) is 1.50. The highest BCUT2D eigenvalue weighted by Gasteiger charge is 2.31. The van der Waals surface area contributed by atoms with Crippen LogP contribution in [-0.2, 0) is 19.6 Å². The van der Waals surface area contributed by atoms with Crippen molar-refractivity contribution in [1.82, 2.24) is 9.78 Å². The van der Waals surface area contributed by atoms with Crippen LogP contribution in [0, 0.1) is 5.82 Å². The van der Waals surface area contributed by atoms with E-state index in [1.807, 2.05) is 0 Å². The number of aromatic nitrogens is 2. The molecule has 1 aromatic carbocycles. The van der Waals surface area contributed by atoms with E-state index in [0.717, 1.165) is 17.7 Å². The molecule has 1 aromatic heterocycles. The van der Waals surface area contributed by atoms with Crippen LogP contribution >= 0.6 is 0 Å². The van der Waals surface area contributed by atoms with Gasteiger partial charge in [-0.3, -0.25) is 4.68 Å². The first kappa shape index (κ1) is 15.5. The molecular weight excluding hydrogens is 286 g/mol. The molecule has 2 N–H and O–H groups in total. The molecular formula is C14H15F4N3. The third-order valence-electron chi connectivity index (χ3n) is 3.23. The third-order valence-corrected chi connectivity index (χ3v) is 3.23. The minimum Gasteiger partial charge on any atom is -0.324 e. The van der Waals surface area contributed by atoms with Gasteiger partial charge in [0, 0.05) is 24.8 Å². The molecule has 0 aliphatic rings. The van der Waals surface area contributed by atoms with Gasteiger partial charge in [0.1, 0.15) is 5.82 Å². The fourth-order valence-corrected chi connectivity index (χ4v) is 2.08. The van der Waals surface area contributed by atoms with E-state index >= 15 is 0 Å². The molecule has 7 heteroatoms. The van der Waals surface area contributed by atoms with Crippen LogP contribution in [-0.4, -0.2) is 9.78 Å². The Morgan fingerprint density at radius 2 is 2.05 bits per heavy atom. The lowest BCUT2D eigenvalue weighted by Gasteiger charge is -2.15. The number of aryl methyl sites for hydroxylation is 2. The molecule has 0 saturated carbocycles. The van der Waals surface area contributed by atoms with E-state index in [9.17, 15) is 17.6 Å². The quantitative estimate of drug-likeness (QED) is 0.881. The van der Waals surface area contributed by atoms with Crippen molar-refractivity contribution in [3.05, 3.63) is 53.1 Å². The van der Waals surface area contributed by atoms with Gasteiger partial charge in [0.2, 0.25) is 0 Å². The molecule has 0 radical (unpaired) electrons. The molecule has 2 rings (SSSR count). The van der Waals surface area contributed by atoms with Gasteiger partial charge in [0.25, 0.3) is 0 Å². The summed E-state index contributed by atoms with van der Waals surface area (Å²) < 4.78 is 53.2. The van der Waals surface area contributed by atoms with Crippen LogP contribution in [0.4, 0.5) is 17.6 Å². The van der Waals surface area contributed by atoms with Crippen molar-refractivity contribution >= 4 is 0 Å². The molecule has 0 aliphatic heterocycles. The van der Waals surface area contributed by atoms with Crippen LogP contribution < -0.4 is 5.73 Å². The van der Waals surface area contributed by atoms with Gasteiger partial charge in [-0.25, -0.2) is 4.39 Å². The molecule has 0 bridgehead atoms. The fraction of sp³-hybridized carbons (Fsp3) is 0.357. The van der Waals surface area contributed by atoms with Crippen LogP contribution in [0.3, 0.4) is 0 Å². The van der Waals surface area contributed by atoms with E-state index < -0.39 is 23.6 Å². The standard InChI is InChI=1S/C14H15F4N3/c1-21-8-9(7-20-21)2-5-13(19)11-6-10(14(16,17)18)3-4-12(11)15/h3-4,6-8,13H,2,5,19H2,1H3. The molecule has 2 aromatic rings. The highest BCUT2D eigenvalue weighted by atomic mass is 19.4. The van der Waals surface area contributed by atoms with Gasteiger partial charge in [0.15, 0.2) is 0 Å². The van der Waals surface area contributed by atoms with Crippen molar-refractivity contribution in [3.8, 4) is 0 Å². The van der Waals surface area contributed by atoms with Crippen molar-refractivity contribution in [1.29, 1.82) is 0 Å². The van der Waals surface area contributed by atoms with Gasteiger partial charge in [-0.2, -0.15) is 18.3 Å². The summed E-state index contributed by atoms with van der Waals surface area (Å²) in [5.41, 5.74) is 5.72. The van der Waals surface area contributed by atoms with Gasteiger partial charge in [-0.15, -0.1) is 0 Å². The largest absolute Gasteiger partial charge is 0.416 e. The maximum atomic E-state index is 13.7. The number of benzene rings is 1. The van der Waals surface area contributed by atoms with Gasteiger partial charge in [-0.05, 0) is 36.6 Å². The van der Waals surface area contributed by atoms with Gasteiger partial charge >= 0.3 is 6.18 Å². The summed E-state index contributed by atoms with van der Waals surface area (Å²) in [6.07, 6.45) is -0.218. The monoisotopic (exact) mass is 301 g/mol. The van der Waals surface area contributed by atoms with Crippen molar-refractivity contribution in [3.63, 3.8) is 0 Å². The summed E-state index contributed by atoms with van der Waals surface area (Å²) in [4.78, 5) is 0. The van der Waals surface area contributed by atoms with E-state index in [2.05, 4.69) is 5.10 Å². The zero-order chi connectivity index (χ0) is 15.6. The van der Waals surface area contributed by atoms with Crippen LogP contribution in [0.15, 0.2) is 30.6 Å². The second-order valence-corrected chi connectivity index (χ2v) is 4.90. The van der Waals surface area contributed by atoms with Gasteiger partial charge < -0.3 is 5.73 Å². The molecule has 0 saturated heterocycles. The first-order valence-corrected chi connectivity index (χ1v) is 6.37. The molecule has 0 aliphatic carbocycles. The molecule has 3 nitrogen and oxygen atoms in total. The smallest absolute Gasteiger partial charge is 0.324 e. The summed E-state index contributed by atoms with van der Waals surface area (Å²) >= 11 is 0. The van der Waals surface area contributed by atoms with Crippen LogP contribution in [0.2, 0.25) is 0 Å². The number of nitrogens with two attached hydrogens (primary N) is 1. The summed E-state index contributed by atoms with van der Waals surface area (Å²) in [6.45, 7) is 0. The van der Waals surface area contributed by atoms with E-state index in [1.165, 1.54) is 0 Å². The summed E-state index contributed by atoms with van der Waals surface area (Å²) in [7, 11) is 1.76. The highest BCUT2D eigenvalue weighted by Crippen LogP contribution is 2.32. The maximum Gasteiger partial charge on any atom is 0.416 e. The molecule has 0 fully saturated rings. The topological polar surface area (TPSA) is 43.8 Å². The van der Waals surface area contributed by atoms with Crippen molar-refractivity contribution in [2.75, 3.05) is 0 Å². The molecule has 1 heterocycles. The number of nitrogens with zero attached hydrogens (tertiary/aromatic N) is 2. The Balaban J connectivity index is 2.12. The summed E-state index contributed by atoms with van der Waals surface area (Å²) in [5, 5.41) is 3.98. The number of hydrogen-bond donors (Lipinski definition) is 1. The van der Waals surface area contributed by atoms with Crippen LogP contribution in [0.5, 0.6) is 0 Å². The normalized spacial score (nSPS) is 13.4. The van der Waals surface area contributed by atoms with Crippen LogP contribution in [0.25, 0.3) is 0 Å². The van der Waals surface area contributed by atoms with Crippen molar-refractivity contribution in [2.24, 2.45) is 12.8 Å². The first-order chi connectivity index (χ1) is 9.77. The van der Waals surface area contributed by atoms with E-state index in [0.29, 0.717) is 18.9 Å². The number of halogens is 4. The molecule has 1 unspecified atom stereocenters. The minimum absolute atomic E-state index is 0.117. The predicted molar refractivity (Wildman–Crippen MR) is 69.9 cm³/mol. The third kappa shape index (κ3) is 3.81. The first-order valence-electron chi connectivity index (χ1n) is 6.37. The van der Waals surface area contributed by atoms with Gasteiger partial charge in [0.05, 0.1) is 11.8 Å². The SMILES string of the molecule is Cn1cc(CCC(N)c2cc(C(F)(F)F)ccc2F)cn1. The lowest BCUT2D eigenvalue weighted by atomic mass is 9.98. The Morgan fingerprint density at radius 1 is 1.33 bits per heavy atom. The second-order valence-electron chi connectivity index (χ2n) is 4.90. The number of alkyl halides is 3. The van der Waals surface area contributed by atoms with Crippen molar-refractivity contribution < 1.29 is 17.6 Å². The highest BCUT2D eigenvalue weighted by molar-refractivity contribution is 5.29. The van der Waals surface area contributed by atoms with Crippen LogP contribution in [0.1, 0.15) is 29.2 Å². The summed E-state index contributed by atoms with van der Waals surface area (Å²) in [5.74, 6) is -0.721. The Labute approximate surface area is 119 Å². The average Bonchev–Trinajstić information content (AvgIpc) is 2.81. The minimum atomic E-state index is -4.51. The number of hydrogen-bond acceptors (Lipinski definition) is 2. The van der Waals surface area contributed by atoms with E-state index in [-0.39, 0.29) is 5.56 Å². The molecule has 21 heavy (non-hydrogen) atoms.